The highest BCUT2D eigenvalue weighted by Gasteiger charge is 2.26. The summed E-state index contributed by atoms with van der Waals surface area (Å²) in [5.41, 5.74) is 2.06. The Hall–Kier alpha value is -1.07. The first-order chi connectivity index (χ1) is 8.63. The Morgan fingerprint density at radius 1 is 1.39 bits per heavy atom. The van der Waals surface area contributed by atoms with Crippen molar-refractivity contribution < 1.29 is 9.53 Å². The molecule has 2 rings (SSSR count). The lowest BCUT2D eigenvalue weighted by molar-refractivity contribution is -0.117. The molecule has 1 aromatic rings. The molecule has 0 saturated heterocycles. The highest BCUT2D eigenvalue weighted by atomic mass is 79.9. The van der Waals surface area contributed by atoms with Crippen LogP contribution < -0.4 is 9.80 Å². The number of halogens is 1. The van der Waals surface area contributed by atoms with E-state index in [9.17, 15) is 4.79 Å². The van der Waals surface area contributed by atoms with Crippen molar-refractivity contribution in [2.75, 3.05) is 43.7 Å². The molecular formula is C13H17BrN2O2. The summed E-state index contributed by atoms with van der Waals surface area (Å²) in [5, 5.41) is 0. The Bertz CT molecular complexity index is 451. The number of carbonyl (C=O) groups is 1. The molecule has 0 aromatic heterocycles. The molecule has 0 radical (unpaired) electrons. The Morgan fingerprint density at radius 2 is 2.17 bits per heavy atom. The minimum atomic E-state index is 0.142. The second-order valence-corrected chi connectivity index (χ2v) is 5.30. The molecule has 0 saturated carbocycles. The van der Waals surface area contributed by atoms with Crippen LogP contribution in [0.2, 0.25) is 0 Å². The third-order valence-electron chi connectivity index (χ3n) is 3.04. The summed E-state index contributed by atoms with van der Waals surface area (Å²) < 4.78 is 6.07. The van der Waals surface area contributed by atoms with E-state index in [-0.39, 0.29) is 5.91 Å². The lowest BCUT2D eigenvalue weighted by atomic mass is 10.1. The number of nitrogens with zero attached hydrogens (tertiary/aromatic N) is 2. The van der Waals surface area contributed by atoms with Crippen molar-refractivity contribution in [1.82, 2.24) is 0 Å². The van der Waals surface area contributed by atoms with E-state index in [0.29, 0.717) is 19.7 Å². The number of hydrogen-bond donors (Lipinski definition) is 0. The van der Waals surface area contributed by atoms with Gasteiger partial charge in [0, 0.05) is 31.8 Å². The lowest BCUT2D eigenvalue weighted by Gasteiger charge is -2.35. The van der Waals surface area contributed by atoms with Gasteiger partial charge in [-0.1, -0.05) is 15.9 Å². The number of hydrogen-bond acceptors (Lipinski definition) is 3. The molecule has 0 N–H and O–H groups in total. The summed E-state index contributed by atoms with van der Waals surface area (Å²) in [6.45, 7) is 1.80. The number of ether oxygens (including phenoxy) is 1. The molecule has 0 bridgehead atoms. The number of methoxy groups -OCH3 is 1. The van der Waals surface area contributed by atoms with Crippen LogP contribution in [0.5, 0.6) is 0 Å². The summed E-state index contributed by atoms with van der Waals surface area (Å²) in [4.78, 5) is 15.9. The highest BCUT2D eigenvalue weighted by molar-refractivity contribution is 9.10. The number of amides is 1. The molecule has 1 aromatic carbocycles. The van der Waals surface area contributed by atoms with Gasteiger partial charge in [-0.2, -0.15) is 0 Å². The van der Waals surface area contributed by atoms with E-state index in [4.69, 9.17) is 4.74 Å². The van der Waals surface area contributed by atoms with Crippen LogP contribution >= 0.6 is 15.9 Å². The van der Waals surface area contributed by atoms with Crippen molar-refractivity contribution in [1.29, 1.82) is 0 Å². The van der Waals surface area contributed by atoms with Crippen LogP contribution in [-0.2, 0) is 9.53 Å². The van der Waals surface area contributed by atoms with Crippen molar-refractivity contribution >= 4 is 33.2 Å². The average Bonchev–Trinajstić information content (AvgIpc) is 2.34. The van der Waals surface area contributed by atoms with Gasteiger partial charge in [-0.25, -0.2) is 0 Å². The third kappa shape index (κ3) is 2.67. The minimum Gasteiger partial charge on any atom is -0.385 e. The second kappa shape index (κ2) is 5.71. The molecule has 0 fully saturated rings. The van der Waals surface area contributed by atoms with Crippen LogP contribution in [0, 0.1) is 0 Å². The zero-order valence-corrected chi connectivity index (χ0v) is 12.2. The van der Waals surface area contributed by atoms with E-state index in [1.165, 1.54) is 0 Å². The molecule has 1 aliphatic rings. The van der Waals surface area contributed by atoms with Gasteiger partial charge in [0.25, 0.3) is 0 Å². The second-order valence-electron chi connectivity index (χ2n) is 4.38. The number of anilines is 2. The smallest absolute Gasteiger partial charge is 0.246 e. The van der Waals surface area contributed by atoms with Gasteiger partial charge in [-0.05, 0) is 24.6 Å². The normalized spacial score (nSPS) is 14.9. The summed E-state index contributed by atoms with van der Waals surface area (Å²) in [7, 11) is 3.62. The first-order valence-corrected chi connectivity index (χ1v) is 6.73. The zero-order valence-electron chi connectivity index (χ0n) is 10.6. The first-order valence-electron chi connectivity index (χ1n) is 5.93. The number of carbonyl (C=O) groups excluding carboxylic acids is 1. The van der Waals surface area contributed by atoms with E-state index >= 15 is 0 Å². The van der Waals surface area contributed by atoms with Gasteiger partial charge in [-0.3, -0.25) is 4.79 Å². The Kier molecular flexibility index (Phi) is 4.24. The van der Waals surface area contributed by atoms with Gasteiger partial charge in [0.05, 0.1) is 17.9 Å². The van der Waals surface area contributed by atoms with Crippen molar-refractivity contribution in [2.45, 2.75) is 6.42 Å². The molecule has 0 unspecified atom stereocenters. The number of benzene rings is 1. The van der Waals surface area contributed by atoms with E-state index in [1.54, 1.807) is 7.11 Å². The fraction of sp³-hybridized carbons (Fsp3) is 0.462. The van der Waals surface area contributed by atoms with Crippen LogP contribution in [0.15, 0.2) is 22.7 Å². The molecule has 1 amide bonds. The Morgan fingerprint density at radius 3 is 2.89 bits per heavy atom. The summed E-state index contributed by atoms with van der Waals surface area (Å²) >= 11 is 3.47. The Labute approximate surface area is 116 Å². The van der Waals surface area contributed by atoms with Gasteiger partial charge in [0.1, 0.15) is 0 Å². The van der Waals surface area contributed by atoms with Gasteiger partial charge >= 0.3 is 0 Å². The monoisotopic (exact) mass is 312 g/mol. The van der Waals surface area contributed by atoms with Crippen LogP contribution in [0.4, 0.5) is 11.4 Å². The van der Waals surface area contributed by atoms with Gasteiger partial charge in [0.15, 0.2) is 0 Å². The molecule has 18 heavy (non-hydrogen) atoms. The third-order valence-corrected chi connectivity index (χ3v) is 3.54. The lowest BCUT2D eigenvalue weighted by Crippen LogP contribution is -2.44. The molecule has 5 heteroatoms. The van der Waals surface area contributed by atoms with E-state index in [2.05, 4.69) is 15.9 Å². The maximum absolute atomic E-state index is 12.1. The standard InChI is InChI=1S/C13H17BrN2O2/c1-15-9-13(17)16(6-3-7-18-2)11-5-4-10(14)8-12(11)15/h4-5,8H,3,6-7,9H2,1-2H3. The molecule has 0 atom stereocenters. The number of likely N-dealkylation sites (N-methyl/N-ethyl adjacent to an activating group) is 1. The predicted molar refractivity (Wildman–Crippen MR) is 76.3 cm³/mol. The van der Waals surface area contributed by atoms with E-state index < -0.39 is 0 Å². The summed E-state index contributed by atoms with van der Waals surface area (Å²) in [5.74, 6) is 0.142. The van der Waals surface area contributed by atoms with E-state index in [0.717, 1.165) is 22.3 Å². The summed E-state index contributed by atoms with van der Waals surface area (Å²) in [6, 6.07) is 6.00. The van der Waals surface area contributed by atoms with Gasteiger partial charge in [-0.15, -0.1) is 0 Å². The van der Waals surface area contributed by atoms with Crippen LogP contribution in [0.25, 0.3) is 0 Å². The Balaban J connectivity index is 2.25. The van der Waals surface area contributed by atoms with Gasteiger partial charge < -0.3 is 14.5 Å². The predicted octanol–water partition coefficient (Wildman–Crippen LogP) is 2.27. The van der Waals surface area contributed by atoms with Crippen molar-refractivity contribution in [3.05, 3.63) is 22.7 Å². The van der Waals surface area contributed by atoms with Crippen LogP contribution in [0.1, 0.15) is 6.42 Å². The highest BCUT2D eigenvalue weighted by Crippen LogP contribution is 2.35. The van der Waals surface area contributed by atoms with Gasteiger partial charge in [0.2, 0.25) is 5.91 Å². The number of fused-ring (bicyclic) bond motifs is 1. The SMILES string of the molecule is COCCCN1C(=O)CN(C)c2cc(Br)ccc21. The van der Waals surface area contributed by atoms with Crippen molar-refractivity contribution in [2.24, 2.45) is 0 Å². The van der Waals surface area contributed by atoms with Crippen LogP contribution in [0.3, 0.4) is 0 Å². The molecule has 1 heterocycles. The molecule has 1 aliphatic heterocycles. The summed E-state index contributed by atoms with van der Waals surface area (Å²) in [6.07, 6.45) is 0.849. The topological polar surface area (TPSA) is 32.8 Å². The van der Waals surface area contributed by atoms with Crippen molar-refractivity contribution in [3.63, 3.8) is 0 Å². The largest absolute Gasteiger partial charge is 0.385 e. The van der Waals surface area contributed by atoms with E-state index in [1.807, 2.05) is 35.0 Å². The molecule has 0 spiro atoms. The molecule has 98 valence electrons. The molecule has 0 aliphatic carbocycles. The maximum atomic E-state index is 12.1. The fourth-order valence-corrected chi connectivity index (χ4v) is 2.50. The van der Waals surface area contributed by atoms with Crippen LogP contribution in [-0.4, -0.2) is 39.8 Å². The number of rotatable bonds is 4. The van der Waals surface area contributed by atoms with Crippen molar-refractivity contribution in [3.8, 4) is 0 Å². The quantitative estimate of drug-likeness (QED) is 0.800. The minimum absolute atomic E-state index is 0.142. The molecule has 4 nitrogen and oxygen atoms in total. The first kappa shape index (κ1) is 13.4. The average molecular weight is 313 g/mol. The zero-order chi connectivity index (χ0) is 13.1. The fourth-order valence-electron chi connectivity index (χ4n) is 2.15. The maximum Gasteiger partial charge on any atom is 0.246 e. The molecular weight excluding hydrogens is 296 g/mol.